The molecule has 0 bridgehead atoms. The first-order valence-electron chi connectivity index (χ1n) is 57.2. The van der Waals surface area contributed by atoms with E-state index in [0.717, 1.165) is 353 Å². The number of unbranched alkanes of at least 4 members (excludes halogenated alkanes) is 40. The number of carbonyl (C=O) groups is 10. The summed E-state index contributed by atoms with van der Waals surface area (Å²) in [5.74, 6) is -6.61. The second kappa shape index (κ2) is 95.9. The molecule has 0 aromatic carbocycles. The topological polar surface area (TPSA) is 388 Å². The average molecular weight is 1980 g/mol. The fraction of sp³-hybridized carbons (Fsp3) is 0.910. The molecule has 0 fully saturated rings. The Morgan fingerprint density at radius 3 is 0.475 bits per heavy atom. The van der Waals surface area contributed by atoms with Gasteiger partial charge in [0.05, 0.1) is 32.7 Å². The van der Waals surface area contributed by atoms with Crippen molar-refractivity contribution in [3.05, 3.63) is 0 Å². The molecule has 0 aromatic heterocycles. The summed E-state index contributed by atoms with van der Waals surface area (Å²) in [6.45, 7) is 18.2. The van der Waals surface area contributed by atoms with Gasteiger partial charge in [-0.15, -0.1) is 0 Å². The first-order valence-corrected chi connectivity index (χ1v) is 57.2. The maximum Gasteiger partial charge on any atom is 0.336 e. The van der Waals surface area contributed by atoms with Crippen molar-refractivity contribution < 1.29 is 97.2 Å². The van der Waals surface area contributed by atoms with Crippen molar-refractivity contribution in [3.8, 4) is 0 Å². The van der Waals surface area contributed by atoms with Gasteiger partial charge in [-0.25, -0.2) is 24.0 Å². The standard InChI is InChI=1S/C111H212N8O20/c1-11-21-31-41-46-56-68-92(63-51-36-26-16-6)102(125)112-73-82-135-107(130)97(120)87-117(78-61-80-118(88-98(121)108(131)136-83-74-113-103(126)93(64-52-37-27-17-7)69-57-47-42-32-22-12-2)89-99(122)109(132)137-84-75-114-104(127)94(65-53-38-28-18-8)70-58-48-43-33-23-13-3)79-62-81-119(90-100(123)110(133)138-85-76-115-105(128)95(66-54-39-29-19-9)71-59-49-44-34-24-14-4)91-101(124)111(134)139-86-77-116-106(129)96(67-55-40-30-20-10)72-60-50-45-35-25-15-5/h92-101,120-124H,11-91H2,1-10H3,(H,112,125)(H,113,126)(H,114,127)(H,115,128)(H,116,129). The van der Waals surface area contributed by atoms with Crippen molar-refractivity contribution in [2.24, 2.45) is 29.6 Å². The van der Waals surface area contributed by atoms with E-state index >= 15 is 0 Å². The number of rotatable bonds is 103. The van der Waals surface area contributed by atoms with E-state index in [1.54, 1.807) is 4.90 Å². The van der Waals surface area contributed by atoms with Crippen LogP contribution in [0.1, 0.15) is 467 Å². The molecule has 0 aliphatic rings. The highest BCUT2D eigenvalue weighted by Crippen LogP contribution is 2.26. The van der Waals surface area contributed by atoms with Crippen LogP contribution in [0.4, 0.5) is 0 Å². The van der Waals surface area contributed by atoms with Gasteiger partial charge in [-0.1, -0.05) is 390 Å². The molecule has 0 aromatic rings. The fourth-order valence-electron chi connectivity index (χ4n) is 18.2. The van der Waals surface area contributed by atoms with E-state index in [1.807, 2.05) is 0 Å². The molecule has 816 valence electrons. The lowest BCUT2D eigenvalue weighted by Crippen LogP contribution is -2.46. The Labute approximate surface area is 845 Å². The molecular formula is C111H212N8O20. The van der Waals surface area contributed by atoms with Crippen LogP contribution in [-0.4, -0.2) is 255 Å². The third-order valence-corrected chi connectivity index (χ3v) is 27.1. The second-order valence-corrected chi connectivity index (χ2v) is 39.9. The zero-order valence-electron chi connectivity index (χ0n) is 90.3. The molecule has 0 radical (unpaired) electrons. The highest BCUT2D eigenvalue weighted by Gasteiger charge is 2.32. The number of hydrogen-bond acceptors (Lipinski definition) is 23. The van der Waals surface area contributed by atoms with E-state index in [-0.39, 0.29) is 170 Å². The maximum atomic E-state index is 14.0. The molecule has 0 saturated heterocycles. The van der Waals surface area contributed by atoms with Crippen LogP contribution in [0, 0.1) is 29.6 Å². The van der Waals surface area contributed by atoms with Gasteiger partial charge in [0, 0.05) is 62.3 Å². The molecule has 0 rings (SSSR count). The molecule has 10 atom stereocenters. The van der Waals surface area contributed by atoms with Crippen molar-refractivity contribution >= 4 is 59.4 Å². The zero-order chi connectivity index (χ0) is 103. The van der Waals surface area contributed by atoms with Gasteiger partial charge >= 0.3 is 29.8 Å². The Morgan fingerprint density at radius 2 is 0.317 bits per heavy atom. The summed E-state index contributed by atoms with van der Waals surface area (Å²) in [7, 11) is 0. The van der Waals surface area contributed by atoms with Crippen molar-refractivity contribution in [2.75, 3.05) is 125 Å². The molecule has 0 spiro atoms. The number of hydrogen-bond donors (Lipinski definition) is 10. The molecule has 0 saturated carbocycles. The van der Waals surface area contributed by atoms with Gasteiger partial charge in [0.2, 0.25) is 29.5 Å². The first-order chi connectivity index (χ1) is 67.4. The van der Waals surface area contributed by atoms with Crippen molar-refractivity contribution in [2.45, 2.75) is 498 Å². The summed E-state index contributed by atoms with van der Waals surface area (Å²) in [6, 6.07) is 0. The predicted octanol–water partition coefficient (Wildman–Crippen LogP) is 19.5. The minimum atomic E-state index is -1.83. The average Bonchev–Trinajstić information content (AvgIpc) is 0.893. The summed E-state index contributed by atoms with van der Waals surface area (Å²) in [4.78, 5) is 143. The molecule has 0 heterocycles. The Kier molecular flexibility index (Phi) is 92.0. The summed E-state index contributed by atoms with van der Waals surface area (Å²) in [5, 5.41) is 73.4. The Hall–Kier alpha value is -5.62. The van der Waals surface area contributed by atoms with Crippen LogP contribution in [0.3, 0.4) is 0 Å². The van der Waals surface area contributed by atoms with Crippen LogP contribution in [-0.2, 0) is 71.6 Å². The molecule has 139 heavy (non-hydrogen) atoms. The number of nitrogens with zero attached hydrogens (tertiary/aromatic N) is 3. The number of esters is 5. The summed E-state index contributed by atoms with van der Waals surface area (Å²) in [5.41, 5.74) is 0. The van der Waals surface area contributed by atoms with E-state index in [9.17, 15) is 73.5 Å². The summed E-state index contributed by atoms with van der Waals surface area (Å²) in [6.07, 6.45) is 52.0. The highest BCUT2D eigenvalue weighted by atomic mass is 16.6. The number of amides is 5. The quantitative estimate of drug-likeness (QED) is 0.0154. The van der Waals surface area contributed by atoms with Gasteiger partial charge < -0.3 is 80.7 Å². The van der Waals surface area contributed by atoms with Crippen LogP contribution in [0.2, 0.25) is 0 Å². The minimum Gasteiger partial charge on any atom is -0.462 e. The van der Waals surface area contributed by atoms with E-state index in [2.05, 4.69) is 95.8 Å². The van der Waals surface area contributed by atoms with Gasteiger partial charge in [0.25, 0.3) is 0 Å². The molecule has 0 aliphatic carbocycles. The highest BCUT2D eigenvalue weighted by molar-refractivity contribution is 5.81. The van der Waals surface area contributed by atoms with Crippen molar-refractivity contribution in [3.63, 3.8) is 0 Å². The van der Waals surface area contributed by atoms with Crippen LogP contribution in [0.25, 0.3) is 0 Å². The van der Waals surface area contributed by atoms with Gasteiger partial charge in [-0.2, -0.15) is 0 Å². The van der Waals surface area contributed by atoms with Crippen LogP contribution in [0.15, 0.2) is 0 Å². The number of aliphatic hydroxyl groups excluding tert-OH is 5. The second-order valence-electron chi connectivity index (χ2n) is 39.9. The molecule has 10 unspecified atom stereocenters. The Morgan fingerprint density at radius 1 is 0.187 bits per heavy atom. The third kappa shape index (κ3) is 76.6. The first kappa shape index (κ1) is 133. The van der Waals surface area contributed by atoms with E-state index in [1.165, 1.54) is 41.9 Å². The van der Waals surface area contributed by atoms with E-state index in [0.29, 0.717) is 0 Å². The van der Waals surface area contributed by atoms with Crippen molar-refractivity contribution in [1.82, 2.24) is 41.3 Å². The van der Waals surface area contributed by atoms with E-state index in [4.69, 9.17) is 23.7 Å². The van der Waals surface area contributed by atoms with Gasteiger partial charge in [0.15, 0.2) is 30.5 Å². The lowest BCUT2D eigenvalue weighted by molar-refractivity contribution is -0.158. The normalized spacial score (nSPS) is 13.8. The molecular weight excluding hydrogens is 1770 g/mol. The largest absolute Gasteiger partial charge is 0.462 e. The lowest BCUT2D eigenvalue weighted by Gasteiger charge is -2.30. The zero-order valence-corrected chi connectivity index (χ0v) is 90.3. The van der Waals surface area contributed by atoms with Crippen LogP contribution < -0.4 is 26.6 Å². The predicted molar refractivity (Wildman–Crippen MR) is 560 cm³/mol. The third-order valence-electron chi connectivity index (χ3n) is 27.1. The molecule has 28 heteroatoms. The Balaban J connectivity index is 7.66. The lowest BCUT2D eigenvalue weighted by atomic mass is 9.93. The molecule has 10 N–H and O–H groups in total. The molecule has 5 amide bonds. The Bertz CT molecular complexity index is 2660. The number of carbonyl (C=O) groups excluding carboxylic acids is 10. The number of ether oxygens (including phenoxy) is 5. The maximum absolute atomic E-state index is 14.0. The summed E-state index contributed by atoms with van der Waals surface area (Å²) < 4.78 is 27.9. The SMILES string of the molecule is CCCCCCCCC(CCCCCC)C(=O)NCCOC(=O)C(O)CN(CCCN(CC(O)C(=O)OCCNC(=O)C(CCCCCC)CCCCCCCC)CC(O)C(=O)OCCNC(=O)C(CCCCCC)CCCCCCCC)CCCN(CC(O)C(=O)OCCNC(=O)C(CCCCCC)CCCCCCCC)CC(O)C(=O)OCCNC(=O)C(CCCCCC)CCCCCCCC. The minimum absolute atomic E-state index is 0.00201. The molecule has 0 aliphatic heterocycles. The van der Waals surface area contributed by atoms with Crippen LogP contribution >= 0.6 is 0 Å². The number of nitrogens with one attached hydrogen (secondary N) is 5. The monoisotopic (exact) mass is 1980 g/mol. The molecule has 28 nitrogen and oxygen atoms in total. The fourth-order valence-corrected chi connectivity index (χ4v) is 18.2. The van der Waals surface area contributed by atoms with Crippen LogP contribution in [0.5, 0.6) is 0 Å². The van der Waals surface area contributed by atoms with Crippen molar-refractivity contribution in [1.29, 1.82) is 0 Å². The van der Waals surface area contributed by atoms with Gasteiger partial charge in [-0.05, 0) is 103 Å². The van der Waals surface area contributed by atoms with Gasteiger partial charge in [-0.3, -0.25) is 33.8 Å². The summed E-state index contributed by atoms with van der Waals surface area (Å²) >= 11 is 0. The smallest absolute Gasteiger partial charge is 0.336 e. The van der Waals surface area contributed by atoms with E-state index < -0.39 is 86.5 Å². The number of aliphatic hydroxyl groups is 5. The van der Waals surface area contributed by atoms with Gasteiger partial charge in [0.1, 0.15) is 33.0 Å².